The maximum absolute atomic E-state index is 12.7. The third kappa shape index (κ3) is 3.08. The van der Waals surface area contributed by atoms with E-state index in [1.165, 1.54) is 20.2 Å². The van der Waals surface area contributed by atoms with Crippen molar-refractivity contribution in [3.63, 3.8) is 0 Å². The van der Waals surface area contributed by atoms with E-state index in [4.69, 9.17) is 10.2 Å². The first-order valence-corrected chi connectivity index (χ1v) is 9.23. The van der Waals surface area contributed by atoms with Gasteiger partial charge in [0.25, 0.3) is 15.9 Å². The van der Waals surface area contributed by atoms with Crippen molar-refractivity contribution in [2.75, 3.05) is 27.2 Å². The second kappa shape index (κ2) is 6.67. The Kier molecular flexibility index (Phi) is 5.34. The van der Waals surface area contributed by atoms with Crippen molar-refractivity contribution in [2.24, 2.45) is 17.6 Å². The van der Waals surface area contributed by atoms with Gasteiger partial charge in [0, 0.05) is 39.3 Å². The molecule has 2 fully saturated rings. The summed E-state index contributed by atoms with van der Waals surface area (Å²) >= 11 is 0. The fourth-order valence-electron chi connectivity index (χ4n) is 3.62. The molecule has 136 valence electrons. The predicted octanol–water partition coefficient (Wildman–Crippen LogP) is 1.07. The molecule has 1 amide bonds. The van der Waals surface area contributed by atoms with Gasteiger partial charge in [0.2, 0.25) is 5.09 Å². The van der Waals surface area contributed by atoms with Crippen LogP contribution in [0.1, 0.15) is 29.0 Å². The van der Waals surface area contributed by atoms with Crippen LogP contribution in [0, 0.1) is 18.8 Å². The van der Waals surface area contributed by atoms with Crippen molar-refractivity contribution in [1.82, 2.24) is 9.21 Å². The van der Waals surface area contributed by atoms with E-state index in [-0.39, 0.29) is 29.4 Å². The van der Waals surface area contributed by atoms with E-state index in [2.05, 4.69) is 0 Å². The summed E-state index contributed by atoms with van der Waals surface area (Å²) in [6.45, 7) is 2.95. The molecule has 0 spiro atoms. The first-order valence-electron chi connectivity index (χ1n) is 7.79. The summed E-state index contributed by atoms with van der Waals surface area (Å²) in [4.78, 5) is 14.5. The number of fused-ring (bicyclic) bond motifs is 1. The molecule has 1 saturated carbocycles. The fraction of sp³-hybridized carbons (Fsp3) is 0.667. The number of carbonyl (C=O) groups excluding carboxylic acids is 1. The molecule has 9 heteroatoms. The van der Waals surface area contributed by atoms with E-state index in [1.807, 2.05) is 0 Å². The highest BCUT2D eigenvalue weighted by atomic mass is 35.5. The van der Waals surface area contributed by atoms with Gasteiger partial charge in [-0.2, -0.15) is 0 Å². The van der Waals surface area contributed by atoms with E-state index >= 15 is 0 Å². The number of furan rings is 1. The smallest absolute Gasteiger partial charge is 0.275 e. The van der Waals surface area contributed by atoms with Crippen molar-refractivity contribution < 1.29 is 17.6 Å². The monoisotopic (exact) mass is 377 g/mol. The molecular weight excluding hydrogens is 354 g/mol. The molecule has 1 aliphatic carbocycles. The molecule has 2 N–H and O–H groups in total. The van der Waals surface area contributed by atoms with Crippen LogP contribution in [-0.4, -0.2) is 56.8 Å². The van der Waals surface area contributed by atoms with Gasteiger partial charge in [-0.25, -0.2) is 12.7 Å². The van der Waals surface area contributed by atoms with E-state index in [1.54, 1.807) is 11.8 Å². The number of halogens is 1. The largest absolute Gasteiger partial charge is 0.448 e. The van der Waals surface area contributed by atoms with Crippen molar-refractivity contribution in [2.45, 2.75) is 30.9 Å². The van der Waals surface area contributed by atoms with Gasteiger partial charge in [0.1, 0.15) is 5.76 Å². The van der Waals surface area contributed by atoms with Crippen LogP contribution in [0.3, 0.4) is 0 Å². The lowest BCUT2D eigenvalue weighted by molar-refractivity contribution is 0.0778. The number of likely N-dealkylation sites (tertiary alicyclic amines) is 1. The Hall–Kier alpha value is -1.09. The molecule has 7 nitrogen and oxygen atoms in total. The fourth-order valence-corrected chi connectivity index (χ4v) is 4.47. The van der Waals surface area contributed by atoms with Crippen molar-refractivity contribution >= 4 is 28.3 Å². The third-order valence-electron chi connectivity index (χ3n) is 5.06. The molecule has 1 aromatic heterocycles. The lowest BCUT2D eigenvalue weighted by Crippen LogP contribution is -2.33. The second-order valence-corrected chi connectivity index (χ2v) is 8.78. The standard InChI is InChI=1S/C15H23N3O4S.ClH/c1-9-11(6-14(22-9)23(20,21)17(2)3)15(19)18-7-10-4-5-13(16)12(10)8-18;/h6,10,12-13H,4-5,7-8,16H2,1-3H3;1H. The number of aryl methyl sites for hydroxylation is 1. The summed E-state index contributed by atoms with van der Waals surface area (Å²) in [6.07, 6.45) is 2.08. The first-order chi connectivity index (χ1) is 10.7. The molecule has 3 atom stereocenters. The highest BCUT2D eigenvalue weighted by Crippen LogP contribution is 2.38. The summed E-state index contributed by atoms with van der Waals surface area (Å²) < 4.78 is 30.7. The topological polar surface area (TPSA) is 96.8 Å². The Labute approximate surface area is 148 Å². The van der Waals surface area contributed by atoms with Crippen LogP contribution in [0.4, 0.5) is 0 Å². The molecule has 1 aliphatic heterocycles. The Bertz CT molecular complexity index is 731. The van der Waals surface area contributed by atoms with Crippen LogP contribution < -0.4 is 5.73 Å². The summed E-state index contributed by atoms with van der Waals surface area (Å²) in [5.41, 5.74) is 6.42. The van der Waals surface area contributed by atoms with E-state index < -0.39 is 10.0 Å². The Morgan fingerprint density at radius 3 is 2.58 bits per heavy atom. The quantitative estimate of drug-likeness (QED) is 0.849. The minimum Gasteiger partial charge on any atom is -0.448 e. The highest BCUT2D eigenvalue weighted by molar-refractivity contribution is 7.88. The number of rotatable bonds is 3. The molecule has 0 aromatic carbocycles. The van der Waals surface area contributed by atoms with Gasteiger partial charge in [-0.3, -0.25) is 4.79 Å². The van der Waals surface area contributed by atoms with Crippen LogP contribution in [0.25, 0.3) is 0 Å². The van der Waals surface area contributed by atoms with Crippen LogP contribution in [-0.2, 0) is 10.0 Å². The lowest BCUT2D eigenvalue weighted by atomic mass is 9.98. The second-order valence-electron chi connectivity index (χ2n) is 6.70. The Balaban J connectivity index is 0.00000208. The van der Waals surface area contributed by atoms with Crippen LogP contribution in [0.5, 0.6) is 0 Å². The van der Waals surface area contributed by atoms with Gasteiger partial charge in [-0.1, -0.05) is 0 Å². The summed E-state index contributed by atoms with van der Waals surface area (Å²) in [5.74, 6) is 0.979. The molecular formula is C15H24ClN3O4S. The molecule has 1 saturated heterocycles. The maximum atomic E-state index is 12.7. The van der Waals surface area contributed by atoms with E-state index in [0.29, 0.717) is 36.2 Å². The normalized spacial score (nSPS) is 26.5. The van der Waals surface area contributed by atoms with Gasteiger partial charge in [0.05, 0.1) is 5.56 Å². The molecule has 1 aromatic rings. The number of hydrogen-bond donors (Lipinski definition) is 1. The average Bonchev–Trinajstić information content (AvgIpc) is 3.14. The number of amides is 1. The molecule has 0 bridgehead atoms. The summed E-state index contributed by atoms with van der Waals surface area (Å²) in [6, 6.07) is 1.49. The van der Waals surface area contributed by atoms with Gasteiger partial charge >= 0.3 is 0 Å². The van der Waals surface area contributed by atoms with Gasteiger partial charge < -0.3 is 15.1 Å². The minimum absolute atomic E-state index is 0. The molecule has 3 unspecified atom stereocenters. The number of hydrogen-bond acceptors (Lipinski definition) is 5. The Morgan fingerprint density at radius 2 is 2.00 bits per heavy atom. The molecule has 2 aliphatic rings. The molecule has 2 heterocycles. The minimum atomic E-state index is -3.68. The highest BCUT2D eigenvalue weighted by Gasteiger charge is 2.43. The average molecular weight is 378 g/mol. The van der Waals surface area contributed by atoms with Gasteiger partial charge in [-0.15, -0.1) is 12.4 Å². The SMILES string of the molecule is Cc1oc(S(=O)(=O)N(C)C)cc1C(=O)N1CC2CCC(N)C2C1.Cl. The van der Waals surface area contributed by atoms with Crippen molar-refractivity contribution in [3.05, 3.63) is 17.4 Å². The van der Waals surface area contributed by atoms with Crippen LogP contribution in [0.15, 0.2) is 15.6 Å². The van der Waals surface area contributed by atoms with Crippen LogP contribution >= 0.6 is 12.4 Å². The summed E-state index contributed by atoms with van der Waals surface area (Å²) in [7, 11) is -0.827. The molecule has 24 heavy (non-hydrogen) atoms. The summed E-state index contributed by atoms with van der Waals surface area (Å²) in [5, 5.41) is -0.195. The predicted molar refractivity (Wildman–Crippen MR) is 91.7 cm³/mol. The maximum Gasteiger partial charge on any atom is 0.275 e. The number of nitrogens with two attached hydrogens (primary N) is 1. The van der Waals surface area contributed by atoms with E-state index in [0.717, 1.165) is 17.1 Å². The molecule has 0 radical (unpaired) electrons. The number of nitrogens with zero attached hydrogens (tertiary/aromatic N) is 2. The van der Waals surface area contributed by atoms with Gasteiger partial charge in [0.15, 0.2) is 0 Å². The Morgan fingerprint density at radius 1 is 1.33 bits per heavy atom. The molecule has 3 rings (SSSR count). The van der Waals surface area contributed by atoms with E-state index in [9.17, 15) is 13.2 Å². The van der Waals surface area contributed by atoms with Crippen molar-refractivity contribution in [3.8, 4) is 0 Å². The third-order valence-corrected chi connectivity index (χ3v) is 6.73. The van der Waals surface area contributed by atoms with Gasteiger partial charge in [-0.05, 0) is 31.6 Å². The first kappa shape index (κ1) is 19.2. The zero-order valence-electron chi connectivity index (χ0n) is 14.1. The zero-order chi connectivity index (χ0) is 16.9. The number of sulfonamides is 1. The zero-order valence-corrected chi connectivity index (χ0v) is 15.7. The number of carbonyl (C=O) groups is 1. The van der Waals surface area contributed by atoms with Crippen molar-refractivity contribution in [1.29, 1.82) is 0 Å². The lowest BCUT2D eigenvalue weighted by Gasteiger charge is -2.18. The van der Waals surface area contributed by atoms with Crippen LogP contribution in [0.2, 0.25) is 0 Å².